The maximum atomic E-state index is 9.90. The van der Waals surface area contributed by atoms with Crippen LogP contribution in [-0.2, 0) is 18.6 Å². The molecule has 0 heterocycles. The van der Waals surface area contributed by atoms with E-state index in [0.29, 0.717) is 0 Å². The van der Waals surface area contributed by atoms with Gasteiger partial charge in [0.1, 0.15) is 0 Å². The third-order valence-corrected chi connectivity index (χ3v) is 1.72. The third-order valence-electron chi connectivity index (χ3n) is 1.72. The molecule has 0 aromatic heterocycles. The van der Waals surface area contributed by atoms with Crippen molar-refractivity contribution in [3.05, 3.63) is 0 Å². The monoisotopic (exact) mass is 270 g/mol. The largest absolute Gasteiger partial charge is 0.852 e. The van der Waals surface area contributed by atoms with Crippen molar-refractivity contribution in [3.63, 3.8) is 0 Å². The van der Waals surface area contributed by atoms with Gasteiger partial charge in [0.2, 0.25) is 0 Å². The van der Waals surface area contributed by atoms with Gasteiger partial charge in [-0.1, -0.05) is 60.8 Å². The van der Waals surface area contributed by atoms with Crippen molar-refractivity contribution in [2.75, 3.05) is 0 Å². The Morgan fingerprint density at radius 1 is 0.625 bits per heavy atom. The topological polar surface area (TPSA) is 69.2 Å². The Kier molecular flexibility index (Phi) is 33.0. The molecule has 0 aliphatic carbocycles. The van der Waals surface area contributed by atoms with E-state index in [2.05, 4.69) is 0 Å². The van der Waals surface area contributed by atoms with Crippen molar-refractivity contribution >= 4 is 0 Å². The van der Waals surface area contributed by atoms with Crippen LogP contribution < -0.4 is 15.3 Å². The van der Waals surface area contributed by atoms with Gasteiger partial charge in [0.25, 0.3) is 0 Å². The molecule has 0 amide bonds. The molecule has 0 aliphatic rings. The predicted octanol–water partition coefficient (Wildman–Crippen LogP) is 0.433. The first kappa shape index (κ1) is 25.3. The minimum atomic E-state index is -0.366. The molecule has 0 saturated carbocycles. The summed E-state index contributed by atoms with van der Waals surface area (Å²) in [7, 11) is 0. The normalized spacial score (nSPS) is 14.1. The van der Waals surface area contributed by atoms with E-state index in [0.717, 1.165) is 19.3 Å². The number of hydrogen-bond donors (Lipinski definition) is 0. The zero-order valence-electron chi connectivity index (χ0n) is 11.5. The molecule has 0 rings (SSSR count). The average Bonchev–Trinajstić information content (AvgIpc) is 2.19. The molecule has 101 valence electrons. The van der Waals surface area contributed by atoms with Crippen LogP contribution in [-0.4, -0.2) is 18.3 Å². The van der Waals surface area contributed by atoms with Crippen LogP contribution in [0.4, 0.5) is 0 Å². The van der Waals surface area contributed by atoms with Crippen LogP contribution in [0.1, 0.15) is 60.8 Å². The Morgan fingerprint density at radius 3 is 0.688 bits per heavy atom. The van der Waals surface area contributed by atoms with Crippen molar-refractivity contribution < 1.29 is 33.9 Å². The van der Waals surface area contributed by atoms with Gasteiger partial charge < -0.3 is 15.3 Å². The van der Waals surface area contributed by atoms with Gasteiger partial charge in [-0.3, -0.25) is 0 Å². The Morgan fingerprint density at radius 2 is 0.688 bits per heavy atom. The SMILES string of the molecule is CCC(C)[O-].CCC(C)[O-].CCC(C)[O-].[V]. The second-order valence-corrected chi connectivity index (χ2v) is 3.66. The van der Waals surface area contributed by atoms with Gasteiger partial charge in [-0.05, 0) is 0 Å². The summed E-state index contributed by atoms with van der Waals surface area (Å²) in [6.45, 7) is 10.7. The van der Waals surface area contributed by atoms with Crippen LogP contribution >= 0.6 is 0 Å². The van der Waals surface area contributed by atoms with E-state index in [1.165, 1.54) is 0 Å². The molecule has 0 bridgehead atoms. The molecule has 0 aromatic rings. The predicted molar refractivity (Wildman–Crippen MR) is 59.3 cm³/mol. The first-order valence-electron chi connectivity index (χ1n) is 5.79. The summed E-state index contributed by atoms with van der Waals surface area (Å²) in [6, 6.07) is 0. The minimum absolute atomic E-state index is 0. The van der Waals surface area contributed by atoms with Gasteiger partial charge in [-0.2, -0.15) is 0 Å². The van der Waals surface area contributed by atoms with E-state index < -0.39 is 0 Å². The molecule has 0 aliphatic heterocycles. The van der Waals surface area contributed by atoms with Crippen LogP contribution in [0.3, 0.4) is 0 Å². The Balaban J connectivity index is -0.0000000655. The van der Waals surface area contributed by atoms with Crippen molar-refractivity contribution in [2.24, 2.45) is 0 Å². The van der Waals surface area contributed by atoms with Crippen LogP contribution in [0.25, 0.3) is 0 Å². The Hall–Kier alpha value is 0.464. The molecule has 0 aromatic carbocycles. The van der Waals surface area contributed by atoms with E-state index in [9.17, 15) is 15.3 Å². The summed E-state index contributed by atoms with van der Waals surface area (Å²) in [6.07, 6.45) is 1.15. The number of hydrogen-bond acceptors (Lipinski definition) is 3. The third kappa shape index (κ3) is 62.8. The first-order valence-corrected chi connectivity index (χ1v) is 5.79. The quantitative estimate of drug-likeness (QED) is 0.747. The maximum Gasteiger partial charge on any atom is 0 e. The summed E-state index contributed by atoms with van der Waals surface area (Å²) in [5.74, 6) is 0. The molecular weight excluding hydrogens is 243 g/mol. The van der Waals surface area contributed by atoms with Crippen molar-refractivity contribution in [3.8, 4) is 0 Å². The fourth-order valence-electron chi connectivity index (χ4n) is 0. The number of rotatable bonds is 3. The standard InChI is InChI=1S/3C4H9O.V/c3*1-3-4(2)5;/h3*4H,3H2,1-2H3;/q3*-1;. The smallest absolute Gasteiger partial charge is 0 e. The fourth-order valence-corrected chi connectivity index (χ4v) is 0. The van der Waals surface area contributed by atoms with Gasteiger partial charge in [0.15, 0.2) is 0 Å². The van der Waals surface area contributed by atoms with E-state index in [4.69, 9.17) is 0 Å². The van der Waals surface area contributed by atoms with E-state index >= 15 is 0 Å². The zero-order chi connectivity index (χ0) is 12.9. The maximum absolute atomic E-state index is 9.90. The molecule has 16 heavy (non-hydrogen) atoms. The van der Waals surface area contributed by atoms with Gasteiger partial charge in [-0.25, -0.2) is 0 Å². The van der Waals surface area contributed by atoms with Gasteiger partial charge in [0.05, 0.1) is 0 Å². The van der Waals surface area contributed by atoms with Crippen molar-refractivity contribution in [1.29, 1.82) is 0 Å². The van der Waals surface area contributed by atoms with Crippen molar-refractivity contribution in [1.82, 2.24) is 0 Å². The van der Waals surface area contributed by atoms with Crippen LogP contribution in [0.15, 0.2) is 0 Å². The van der Waals surface area contributed by atoms with Crippen LogP contribution in [0.5, 0.6) is 0 Å². The minimum Gasteiger partial charge on any atom is -0.852 e. The average molecular weight is 270 g/mol. The zero-order valence-corrected chi connectivity index (χ0v) is 12.9. The fraction of sp³-hybridized carbons (Fsp3) is 1.00. The first-order chi connectivity index (χ1) is 6.81. The summed E-state index contributed by atoms with van der Waals surface area (Å²) in [5.41, 5.74) is 0. The van der Waals surface area contributed by atoms with E-state index in [-0.39, 0.29) is 36.9 Å². The molecule has 3 unspecified atom stereocenters. The summed E-state index contributed by atoms with van der Waals surface area (Å²) in [4.78, 5) is 0. The molecule has 3 atom stereocenters. The van der Waals surface area contributed by atoms with Crippen LogP contribution in [0.2, 0.25) is 0 Å². The van der Waals surface area contributed by atoms with Gasteiger partial charge in [-0.15, -0.1) is 18.3 Å². The van der Waals surface area contributed by atoms with Gasteiger partial charge >= 0.3 is 0 Å². The molecule has 0 spiro atoms. The second kappa shape index (κ2) is 20.8. The molecular formula is C12H27O3V-3. The second-order valence-electron chi connectivity index (χ2n) is 3.66. The van der Waals surface area contributed by atoms with Crippen LogP contribution in [0, 0.1) is 0 Å². The summed E-state index contributed by atoms with van der Waals surface area (Å²) >= 11 is 0. The van der Waals surface area contributed by atoms with E-state index in [1.807, 2.05) is 20.8 Å². The summed E-state index contributed by atoms with van der Waals surface area (Å²) in [5, 5.41) is 29.7. The molecule has 4 heteroatoms. The molecule has 3 nitrogen and oxygen atoms in total. The van der Waals surface area contributed by atoms with Crippen molar-refractivity contribution in [2.45, 2.75) is 79.1 Å². The van der Waals surface area contributed by atoms with E-state index in [1.54, 1.807) is 20.8 Å². The van der Waals surface area contributed by atoms with Gasteiger partial charge in [0, 0.05) is 18.6 Å². The summed E-state index contributed by atoms with van der Waals surface area (Å²) < 4.78 is 0. The Labute approximate surface area is 113 Å². The molecule has 0 saturated heterocycles. The molecule has 0 N–H and O–H groups in total. The molecule has 1 radical (unpaired) electrons. The Bertz CT molecular complexity index is 77.2. The molecule has 0 fully saturated rings.